The van der Waals surface area contributed by atoms with E-state index < -0.39 is 22.5 Å². The molecule has 0 radical (unpaired) electrons. The molecular weight excluding hydrogens is 450 g/mol. The Balaban J connectivity index is 1.76. The first-order chi connectivity index (χ1) is 16.3. The van der Waals surface area contributed by atoms with Crippen molar-refractivity contribution in [3.05, 3.63) is 90.1 Å². The second-order valence-corrected chi connectivity index (χ2v) is 9.68. The van der Waals surface area contributed by atoms with E-state index in [2.05, 4.69) is 10.3 Å². The van der Waals surface area contributed by atoms with Crippen molar-refractivity contribution in [2.45, 2.75) is 18.7 Å². The Kier molecular flexibility index (Phi) is 6.51. The smallest absolute Gasteiger partial charge is 0.265 e. The molecule has 1 N–H and O–H groups in total. The van der Waals surface area contributed by atoms with E-state index in [0.29, 0.717) is 22.6 Å². The van der Waals surface area contributed by atoms with Crippen molar-refractivity contribution in [2.24, 2.45) is 0 Å². The van der Waals surface area contributed by atoms with Crippen molar-refractivity contribution in [3.8, 4) is 5.88 Å². The van der Waals surface area contributed by atoms with Crippen LogP contribution in [0.1, 0.15) is 11.1 Å². The van der Waals surface area contributed by atoms with Gasteiger partial charge in [0, 0.05) is 11.5 Å². The quantitative estimate of drug-likeness (QED) is 0.419. The Morgan fingerprint density at radius 3 is 2.44 bits per heavy atom. The van der Waals surface area contributed by atoms with Crippen molar-refractivity contribution in [3.63, 3.8) is 0 Å². The number of fused-ring (bicyclic) bond motifs is 1. The van der Waals surface area contributed by atoms with Crippen LogP contribution in [0.4, 0.5) is 11.4 Å². The van der Waals surface area contributed by atoms with E-state index in [1.165, 1.54) is 17.6 Å². The molecule has 34 heavy (non-hydrogen) atoms. The third-order valence-electron chi connectivity index (χ3n) is 5.68. The highest BCUT2D eigenvalue weighted by molar-refractivity contribution is 7.93. The van der Waals surface area contributed by atoms with Crippen molar-refractivity contribution >= 4 is 38.1 Å². The van der Waals surface area contributed by atoms with Crippen LogP contribution in [0.25, 0.3) is 10.8 Å². The molecule has 0 spiro atoms. The van der Waals surface area contributed by atoms with Crippen molar-refractivity contribution in [2.75, 3.05) is 23.3 Å². The number of aryl methyl sites for hydroxylation is 1. The molecule has 0 aliphatic rings. The van der Waals surface area contributed by atoms with Gasteiger partial charge in [0.1, 0.15) is 6.54 Å². The Bertz CT molecular complexity index is 1450. The van der Waals surface area contributed by atoms with Gasteiger partial charge < -0.3 is 10.1 Å². The molecule has 0 aliphatic carbocycles. The number of anilines is 2. The largest absolute Gasteiger partial charge is 0.481 e. The van der Waals surface area contributed by atoms with E-state index in [1.54, 1.807) is 48.5 Å². The number of carbonyl (C=O) groups excluding carboxylic acids is 1. The van der Waals surface area contributed by atoms with Gasteiger partial charge in [0.25, 0.3) is 10.0 Å². The van der Waals surface area contributed by atoms with Crippen LogP contribution >= 0.6 is 0 Å². The zero-order valence-electron chi connectivity index (χ0n) is 19.1. The van der Waals surface area contributed by atoms with E-state index in [0.717, 1.165) is 16.5 Å². The van der Waals surface area contributed by atoms with Crippen LogP contribution in [0.5, 0.6) is 5.88 Å². The maximum atomic E-state index is 14.0. The van der Waals surface area contributed by atoms with Gasteiger partial charge in [0.2, 0.25) is 11.8 Å². The average Bonchev–Trinajstić information content (AvgIpc) is 2.84. The van der Waals surface area contributed by atoms with Crippen LogP contribution in [0.15, 0.2) is 83.9 Å². The van der Waals surface area contributed by atoms with Gasteiger partial charge in [-0.1, -0.05) is 48.5 Å². The summed E-state index contributed by atoms with van der Waals surface area (Å²) in [4.78, 5) is 17.2. The molecule has 7 nitrogen and oxygen atoms in total. The lowest BCUT2D eigenvalue weighted by Gasteiger charge is -2.27. The van der Waals surface area contributed by atoms with E-state index >= 15 is 0 Å². The lowest BCUT2D eigenvalue weighted by molar-refractivity contribution is -0.114. The Morgan fingerprint density at radius 1 is 0.971 bits per heavy atom. The predicted molar refractivity (Wildman–Crippen MR) is 134 cm³/mol. The number of hydrogen-bond donors (Lipinski definition) is 1. The number of amides is 1. The summed E-state index contributed by atoms with van der Waals surface area (Å²) in [6.45, 7) is 3.36. The highest BCUT2D eigenvalue weighted by Crippen LogP contribution is 2.32. The van der Waals surface area contributed by atoms with Crippen LogP contribution in [0.3, 0.4) is 0 Å². The van der Waals surface area contributed by atoms with Gasteiger partial charge in [-0.3, -0.25) is 9.10 Å². The number of methoxy groups -OCH3 is 1. The molecule has 4 aromatic rings. The molecule has 1 amide bonds. The van der Waals surface area contributed by atoms with Crippen molar-refractivity contribution < 1.29 is 17.9 Å². The van der Waals surface area contributed by atoms with Crippen LogP contribution < -0.4 is 14.4 Å². The molecule has 8 heteroatoms. The third-order valence-corrected chi connectivity index (χ3v) is 7.50. The van der Waals surface area contributed by atoms with Crippen LogP contribution in [0.2, 0.25) is 0 Å². The Morgan fingerprint density at radius 2 is 1.71 bits per heavy atom. The number of nitrogens with zero attached hydrogens (tertiary/aromatic N) is 2. The number of benzene rings is 3. The number of ether oxygens (including phenoxy) is 1. The molecule has 4 rings (SSSR count). The predicted octanol–water partition coefficient (Wildman–Crippen LogP) is 4.69. The van der Waals surface area contributed by atoms with E-state index in [4.69, 9.17) is 4.74 Å². The molecule has 174 valence electrons. The number of hydrogen-bond acceptors (Lipinski definition) is 5. The van der Waals surface area contributed by atoms with E-state index in [9.17, 15) is 13.2 Å². The van der Waals surface area contributed by atoms with E-state index in [-0.39, 0.29) is 4.90 Å². The maximum absolute atomic E-state index is 14.0. The second kappa shape index (κ2) is 9.52. The minimum Gasteiger partial charge on any atom is -0.481 e. The molecular formula is C26H25N3O4S. The molecule has 0 saturated carbocycles. The minimum absolute atomic E-state index is 0.144. The second-order valence-electron chi connectivity index (χ2n) is 7.85. The fraction of sp³-hybridized carbons (Fsp3) is 0.154. The Hall–Kier alpha value is -3.91. The fourth-order valence-electron chi connectivity index (χ4n) is 3.75. The summed E-state index contributed by atoms with van der Waals surface area (Å²) in [6.07, 6.45) is 1.46. The van der Waals surface area contributed by atoms with Crippen LogP contribution in [-0.4, -0.2) is 33.0 Å². The number of nitrogens with one attached hydrogen (secondary N) is 1. The zero-order valence-corrected chi connectivity index (χ0v) is 20.0. The Labute approximate surface area is 199 Å². The lowest BCUT2D eigenvalue weighted by atomic mass is 10.1. The molecule has 0 atom stereocenters. The van der Waals surface area contributed by atoms with Gasteiger partial charge in [0.15, 0.2) is 0 Å². The van der Waals surface area contributed by atoms with Gasteiger partial charge in [-0.25, -0.2) is 13.4 Å². The van der Waals surface area contributed by atoms with Crippen molar-refractivity contribution in [1.29, 1.82) is 0 Å². The highest BCUT2D eigenvalue weighted by atomic mass is 32.2. The molecule has 0 fully saturated rings. The standard InChI is InChI=1S/C26H25N3O4S/c1-18-8-6-12-23(19(18)2)29(17-25(30)28-21-14-15-26(33-3)27-16-21)34(31,32)24-13-7-10-20-9-4-5-11-22(20)24/h4-16H,17H2,1-3H3,(H,28,30). The normalized spacial score (nSPS) is 11.3. The lowest BCUT2D eigenvalue weighted by Crippen LogP contribution is -2.38. The molecule has 0 aliphatic heterocycles. The molecule has 0 saturated heterocycles. The summed E-state index contributed by atoms with van der Waals surface area (Å²) in [5, 5.41) is 4.13. The summed E-state index contributed by atoms with van der Waals surface area (Å²) in [5.41, 5.74) is 2.60. The summed E-state index contributed by atoms with van der Waals surface area (Å²) in [5.74, 6) is -0.0785. The van der Waals surface area contributed by atoms with Gasteiger partial charge in [-0.05, 0) is 48.6 Å². The minimum atomic E-state index is -4.08. The summed E-state index contributed by atoms with van der Waals surface area (Å²) in [7, 11) is -2.58. The van der Waals surface area contributed by atoms with Gasteiger partial charge in [-0.15, -0.1) is 0 Å². The van der Waals surface area contributed by atoms with Crippen molar-refractivity contribution in [1.82, 2.24) is 4.98 Å². The molecule has 0 bridgehead atoms. The third kappa shape index (κ3) is 4.58. The molecule has 0 unspecified atom stereocenters. The summed E-state index contributed by atoms with van der Waals surface area (Å²) < 4.78 is 34.2. The SMILES string of the molecule is COc1ccc(NC(=O)CN(c2cccc(C)c2C)S(=O)(=O)c2cccc3ccccc23)cn1. The van der Waals surface area contributed by atoms with Gasteiger partial charge >= 0.3 is 0 Å². The van der Waals surface area contributed by atoms with Gasteiger partial charge in [0.05, 0.1) is 29.6 Å². The first kappa shape index (κ1) is 23.3. The van der Waals surface area contributed by atoms with Crippen LogP contribution in [0, 0.1) is 13.8 Å². The number of carbonyl (C=O) groups is 1. The number of rotatable bonds is 7. The molecule has 1 heterocycles. The average molecular weight is 476 g/mol. The van der Waals surface area contributed by atoms with Crippen LogP contribution in [-0.2, 0) is 14.8 Å². The first-order valence-corrected chi connectivity index (χ1v) is 12.1. The molecule has 3 aromatic carbocycles. The van der Waals surface area contributed by atoms with Gasteiger partial charge in [-0.2, -0.15) is 0 Å². The monoisotopic (exact) mass is 475 g/mol. The number of aromatic nitrogens is 1. The maximum Gasteiger partial charge on any atom is 0.265 e. The summed E-state index contributed by atoms with van der Waals surface area (Å²) in [6, 6.07) is 21.1. The fourth-order valence-corrected chi connectivity index (χ4v) is 5.45. The summed E-state index contributed by atoms with van der Waals surface area (Å²) >= 11 is 0. The highest BCUT2D eigenvalue weighted by Gasteiger charge is 2.30. The number of pyridine rings is 1. The topological polar surface area (TPSA) is 88.6 Å². The zero-order chi connectivity index (χ0) is 24.3. The number of sulfonamides is 1. The van der Waals surface area contributed by atoms with E-state index in [1.807, 2.05) is 38.1 Å². The molecule has 1 aromatic heterocycles. The first-order valence-electron chi connectivity index (χ1n) is 10.7.